The number of fused-ring (bicyclic) bond motifs is 1. The molecule has 238 valence electrons. The molecule has 3 aromatic rings. The zero-order valence-corrected chi connectivity index (χ0v) is 26.8. The van der Waals surface area contributed by atoms with Gasteiger partial charge in [-0.25, -0.2) is 9.78 Å². The maximum Gasteiger partial charge on any atom is 0.342 e. The highest BCUT2D eigenvalue weighted by atomic mass is 16.5. The van der Waals surface area contributed by atoms with E-state index in [0.717, 1.165) is 71.4 Å². The average Bonchev–Trinajstić information content (AvgIpc) is 3.46. The highest BCUT2D eigenvalue weighted by Crippen LogP contribution is 2.32. The largest absolute Gasteiger partial charge is 0.488 e. The molecule has 0 radical (unpaired) electrons. The molecule has 0 bridgehead atoms. The van der Waals surface area contributed by atoms with Crippen molar-refractivity contribution in [3.63, 3.8) is 0 Å². The quantitative estimate of drug-likeness (QED) is 0.202. The smallest absolute Gasteiger partial charge is 0.342 e. The van der Waals surface area contributed by atoms with E-state index in [9.17, 15) is 14.7 Å². The van der Waals surface area contributed by atoms with E-state index in [2.05, 4.69) is 25.0 Å². The molecule has 2 aromatic heterocycles. The van der Waals surface area contributed by atoms with Gasteiger partial charge in [0.2, 0.25) is 5.88 Å². The standard InChI is InChI=1S/C35H42N4O6/c1-6-9-28(30-10-8-11-31(37-30)39-34(44-7-2)29(20-36-39)35(41)42)32(22(3)4)45-21-24-12-13-27-26(23(24)5)14-17-38(33(27)40)25-15-18-43-19-16-25/h8-13,20,25H,6-7,14-19,21H2,1-5H3,(H,41,42)/b28-9-. The van der Waals surface area contributed by atoms with Crippen molar-refractivity contribution in [2.24, 2.45) is 0 Å². The van der Waals surface area contributed by atoms with Crippen LogP contribution < -0.4 is 4.74 Å². The number of aromatic nitrogens is 3. The summed E-state index contributed by atoms with van der Waals surface area (Å²) in [7, 11) is 0. The van der Waals surface area contributed by atoms with Crippen LogP contribution in [0.15, 0.2) is 53.9 Å². The van der Waals surface area contributed by atoms with Gasteiger partial charge in [-0.05, 0) is 93.8 Å². The fourth-order valence-corrected chi connectivity index (χ4v) is 6.09. The van der Waals surface area contributed by atoms with Gasteiger partial charge in [0.15, 0.2) is 5.82 Å². The SMILES string of the molecule is CC/C=C(\C(OCc1ccc2c(c1C)CCN(C1CCOCC1)C2=O)=C(C)C)c1cccc(-n2ncc(C(=O)O)c2OCC)n1. The van der Waals surface area contributed by atoms with E-state index < -0.39 is 5.97 Å². The number of carbonyl (C=O) groups excluding carboxylic acids is 1. The number of carbonyl (C=O) groups is 2. The van der Waals surface area contributed by atoms with E-state index in [4.69, 9.17) is 19.2 Å². The molecule has 2 aliphatic heterocycles. The van der Waals surface area contributed by atoms with E-state index in [0.29, 0.717) is 31.3 Å². The third-order valence-corrected chi connectivity index (χ3v) is 8.38. The lowest BCUT2D eigenvalue weighted by Crippen LogP contribution is -2.47. The highest BCUT2D eigenvalue weighted by molar-refractivity contribution is 5.97. The molecule has 5 rings (SSSR count). The second-order valence-corrected chi connectivity index (χ2v) is 11.5. The molecule has 1 saturated heterocycles. The van der Waals surface area contributed by atoms with Crippen LogP contribution in [-0.4, -0.2) is 69.1 Å². The Morgan fingerprint density at radius 1 is 1.16 bits per heavy atom. The van der Waals surface area contributed by atoms with Gasteiger partial charge in [0.1, 0.15) is 17.9 Å². The number of amides is 1. The van der Waals surface area contributed by atoms with Gasteiger partial charge < -0.3 is 24.2 Å². The molecule has 1 fully saturated rings. The minimum Gasteiger partial charge on any atom is -0.488 e. The van der Waals surface area contributed by atoms with Crippen molar-refractivity contribution in [1.82, 2.24) is 19.7 Å². The first-order valence-corrected chi connectivity index (χ1v) is 15.7. The van der Waals surface area contributed by atoms with Crippen molar-refractivity contribution in [3.8, 4) is 11.7 Å². The van der Waals surface area contributed by atoms with Crippen LogP contribution in [0, 0.1) is 6.92 Å². The van der Waals surface area contributed by atoms with Crippen LogP contribution in [-0.2, 0) is 22.5 Å². The predicted octanol–water partition coefficient (Wildman–Crippen LogP) is 6.15. The number of carboxylic acids is 1. The number of rotatable bonds is 11. The van der Waals surface area contributed by atoms with Crippen LogP contribution in [0.1, 0.15) is 90.1 Å². The summed E-state index contributed by atoms with van der Waals surface area (Å²) in [5, 5.41) is 13.9. The van der Waals surface area contributed by atoms with Crippen LogP contribution in [0.25, 0.3) is 11.4 Å². The van der Waals surface area contributed by atoms with E-state index >= 15 is 0 Å². The maximum atomic E-state index is 13.5. The van der Waals surface area contributed by atoms with Gasteiger partial charge >= 0.3 is 5.97 Å². The third-order valence-electron chi connectivity index (χ3n) is 8.38. The molecule has 10 nitrogen and oxygen atoms in total. The normalized spacial score (nSPS) is 15.5. The summed E-state index contributed by atoms with van der Waals surface area (Å²) < 4.78 is 19.1. The molecule has 1 amide bonds. The summed E-state index contributed by atoms with van der Waals surface area (Å²) in [4.78, 5) is 32.1. The Kier molecular flexibility index (Phi) is 10.0. The van der Waals surface area contributed by atoms with E-state index in [1.807, 2.05) is 43.0 Å². The second kappa shape index (κ2) is 14.1. The number of carboxylic acid groups (broad SMARTS) is 1. The molecule has 1 aromatic carbocycles. The van der Waals surface area contributed by atoms with Gasteiger partial charge in [0.25, 0.3) is 5.91 Å². The van der Waals surface area contributed by atoms with E-state index in [1.165, 1.54) is 10.9 Å². The van der Waals surface area contributed by atoms with Gasteiger partial charge in [0.05, 0.1) is 18.5 Å². The Morgan fingerprint density at radius 2 is 1.93 bits per heavy atom. The number of pyridine rings is 1. The van der Waals surface area contributed by atoms with Crippen molar-refractivity contribution >= 4 is 17.4 Å². The van der Waals surface area contributed by atoms with Crippen molar-refractivity contribution in [1.29, 1.82) is 0 Å². The number of benzene rings is 1. The van der Waals surface area contributed by atoms with Crippen LogP contribution in [0.3, 0.4) is 0 Å². The second-order valence-electron chi connectivity index (χ2n) is 11.5. The summed E-state index contributed by atoms with van der Waals surface area (Å²) in [6.07, 6.45) is 6.70. The van der Waals surface area contributed by atoms with Crippen molar-refractivity contribution in [2.45, 2.75) is 73.0 Å². The van der Waals surface area contributed by atoms with Gasteiger partial charge in [-0.15, -0.1) is 0 Å². The molecule has 45 heavy (non-hydrogen) atoms. The van der Waals surface area contributed by atoms with Crippen molar-refractivity contribution in [3.05, 3.63) is 87.4 Å². The number of aromatic carboxylic acids is 1. The number of nitrogens with zero attached hydrogens (tertiary/aromatic N) is 4. The average molecular weight is 615 g/mol. The first-order valence-electron chi connectivity index (χ1n) is 15.7. The Balaban J connectivity index is 1.40. The molecular weight excluding hydrogens is 572 g/mol. The number of hydrogen-bond acceptors (Lipinski definition) is 7. The minimum atomic E-state index is -1.12. The zero-order chi connectivity index (χ0) is 32.1. The van der Waals surface area contributed by atoms with Gasteiger partial charge in [-0.3, -0.25) is 4.79 Å². The van der Waals surface area contributed by atoms with Crippen molar-refractivity contribution < 1.29 is 28.9 Å². The molecule has 0 unspecified atom stereocenters. The molecule has 0 saturated carbocycles. The van der Waals surface area contributed by atoms with Gasteiger partial charge in [-0.2, -0.15) is 9.78 Å². The fraction of sp³-hybridized carbons (Fsp3) is 0.429. The lowest BCUT2D eigenvalue weighted by molar-refractivity contribution is 0.0276. The molecule has 0 spiro atoms. The fourth-order valence-electron chi connectivity index (χ4n) is 6.09. The first kappa shape index (κ1) is 32.0. The monoisotopic (exact) mass is 614 g/mol. The summed E-state index contributed by atoms with van der Waals surface area (Å²) in [6.45, 7) is 12.7. The number of allylic oxidation sites excluding steroid dienone is 3. The minimum absolute atomic E-state index is 0.0277. The number of ether oxygens (including phenoxy) is 3. The highest BCUT2D eigenvalue weighted by Gasteiger charge is 2.32. The van der Waals surface area contributed by atoms with Crippen LogP contribution in [0.5, 0.6) is 5.88 Å². The van der Waals surface area contributed by atoms with Crippen molar-refractivity contribution in [2.75, 3.05) is 26.4 Å². The Morgan fingerprint density at radius 3 is 2.62 bits per heavy atom. The molecule has 10 heteroatoms. The summed E-state index contributed by atoms with van der Waals surface area (Å²) in [5.41, 5.74) is 6.49. The van der Waals surface area contributed by atoms with Gasteiger partial charge in [0, 0.05) is 36.9 Å². The molecule has 0 aliphatic carbocycles. The Hall–Kier alpha value is -4.44. The summed E-state index contributed by atoms with van der Waals surface area (Å²) in [6, 6.07) is 9.73. The topological polar surface area (TPSA) is 116 Å². The lowest BCUT2D eigenvalue weighted by atomic mass is 9.90. The molecular formula is C35H42N4O6. The van der Waals surface area contributed by atoms with Gasteiger partial charge in [-0.1, -0.05) is 25.1 Å². The summed E-state index contributed by atoms with van der Waals surface area (Å²) >= 11 is 0. The van der Waals surface area contributed by atoms with E-state index in [-0.39, 0.29) is 30.0 Å². The first-order chi connectivity index (χ1) is 21.7. The zero-order valence-electron chi connectivity index (χ0n) is 26.8. The van der Waals surface area contributed by atoms with E-state index in [1.54, 1.807) is 13.0 Å². The van der Waals surface area contributed by atoms with Crippen LogP contribution in [0.4, 0.5) is 0 Å². The molecule has 4 heterocycles. The van der Waals surface area contributed by atoms with Crippen LogP contribution in [0.2, 0.25) is 0 Å². The maximum absolute atomic E-state index is 13.5. The lowest BCUT2D eigenvalue weighted by Gasteiger charge is -2.38. The number of hydrogen-bond donors (Lipinski definition) is 1. The molecule has 0 atom stereocenters. The molecule has 1 N–H and O–H groups in total. The Labute approximate surface area is 264 Å². The molecule has 2 aliphatic rings. The predicted molar refractivity (Wildman–Crippen MR) is 171 cm³/mol. The third kappa shape index (κ3) is 6.66. The summed E-state index contributed by atoms with van der Waals surface area (Å²) in [5.74, 6) is 0.279. The Bertz CT molecular complexity index is 1630. The van der Waals surface area contributed by atoms with Crippen LogP contribution >= 0.6 is 0 Å².